The normalized spacial score (nSPS) is 10.7. The van der Waals surface area contributed by atoms with Gasteiger partial charge in [0.2, 0.25) is 11.8 Å². The van der Waals surface area contributed by atoms with Crippen LogP contribution in [0.25, 0.3) is 0 Å². The summed E-state index contributed by atoms with van der Waals surface area (Å²) in [7, 11) is 1.62. The Bertz CT molecular complexity index is 326. The van der Waals surface area contributed by atoms with Crippen LogP contribution in [0.2, 0.25) is 0 Å². The zero-order valence-electron chi connectivity index (χ0n) is 11.7. The van der Waals surface area contributed by atoms with Crippen molar-refractivity contribution in [2.24, 2.45) is 5.41 Å². The molecular weight excluding hydrogens is 216 g/mol. The smallest absolute Gasteiger partial charge is 0.246 e. The van der Waals surface area contributed by atoms with Crippen LogP contribution in [-0.2, 0) is 9.59 Å². The molecule has 17 heavy (non-hydrogen) atoms. The van der Waals surface area contributed by atoms with E-state index in [1.807, 2.05) is 27.7 Å². The van der Waals surface area contributed by atoms with E-state index in [0.29, 0.717) is 13.0 Å². The number of nitrogens with one attached hydrogen (secondary N) is 2. The van der Waals surface area contributed by atoms with E-state index in [4.69, 9.17) is 0 Å². The monoisotopic (exact) mass is 240 g/mol. The summed E-state index contributed by atoms with van der Waals surface area (Å²) >= 11 is 0. The number of amides is 2. The Balaban J connectivity index is 4.22. The molecule has 0 saturated heterocycles. The van der Waals surface area contributed by atoms with Crippen molar-refractivity contribution in [1.82, 2.24) is 10.6 Å². The van der Waals surface area contributed by atoms with Crippen LogP contribution in [-0.4, -0.2) is 25.4 Å². The first-order chi connectivity index (χ1) is 7.72. The summed E-state index contributed by atoms with van der Waals surface area (Å²) in [5.74, 6) is -0.0663. The Labute approximate surface area is 104 Å². The fourth-order valence-corrected chi connectivity index (χ4v) is 1.30. The molecule has 0 aliphatic heterocycles. The molecule has 0 spiro atoms. The predicted molar refractivity (Wildman–Crippen MR) is 69.5 cm³/mol. The lowest BCUT2D eigenvalue weighted by Gasteiger charge is -2.22. The Hall–Kier alpha value is -1.32. The Kier molecular flexibility index (Phi) is 5.93. The molecule has 0 aromatic heterocycles. The maximum absolute atomic E-state index is 11.6. The molecule has 4 heteroatoms. The lowest BCUT2D eigenvalue weighted by molar-refractivity contribution is -0.129. The first-order valence-electron chi connectivity index (χ1n) is 5.87. The van der Waals surface area contributed by atoms with Gasteiger partial charge >= 0.3 is 0 Å². The highest BCUT2D eigenvalue weighted by Gasteiger charge is 2.26. The molecular formula is C13H24N2O2. The number of carbonyl (C=O) groups excluding carboxylic acids is 2. The second kappa shape index (κ2) is 6.42. The Morgan fingerprint density at radius 1 is 1.12 bits per heavy atom. The van der Waals surface area contributed by atoms with Crippen LogP contribution in [0.5, 0.6) is 0 Å². The summed E-state index contributed by atoms with van der Waals surface area (Å²) in [6.45, 7) is 9.85. The molecule has 0 aromatic rings. The number of rotatable bonds is 5. The summed E-state index contributed by atoms with van der Waals surface area (Å²) in [5.41, 5.74) is 1.29. The summed E-state index contributed by atoms with van der Waals surface area (Å²) in [6, 6.07) is 0. The largest absolute Gasteiger partial charge is 0.359 e. The van der Waals surface area contributed by atoms with Gasteiger partial charge in [0.1, 0.15) is 0 Å². The third kappa shape index (κ3) is 5.02. The van der Waals surface area contributed by atoms with Crippen LogP contribution in [0, 0.1) is 5.41 Å². The van der Waals surface area contributed by atoms with Gasteiger partial charge in [0.05, 0.1) is 0 Å². The molecule has 2 amide bonds. The highest BCUT2D eigenvalue weighted by Crippen LogP contribution is 2.19. The molecule has 0 atom stereocenters. The van der Waals surface area contributed by atoms with Crippen LogP contribution in [0.1, 0.15) is 41.0 Å². The highest BCUT2D eigenvalue weighted by atomic mass is 16.2. The van der Waals surface area contributed by atoms with Crippen molar-refractivity contribution in [3.63, 3.8) is 0 Å². The average molecular weight is 240 g/mol. The van der Waals surface area contributed by atoms with Gasteiger partial charge in [0, 0.05) is 24.6 Å². The zero-order chi connectivity index (χ0) is 13.6. The van der Waals surface area contributed by atoms with Crippen molar-refractivity contribution < 1.29 is 9.59 Å². The minimum Gasteiger partial charge on any atom is -0.359 e. The zero-order valence-corrected chi connectivity index (χ0v) is 11.7. The summed E-state index contributed by atoms with van der Waals surface area (Å²) in [4.78, 5) is 23.2. The van der Waals surface area contributed by atoms with Gasteiger partial charge in [-0.1, -0.05) is 19.4 Å². The van der Waals surface area contributed by atoms with E-state index in [1.165, 1.54) is 0 Å². The number of allylic oxidation sites excluding steroid dienone is 1. The van der Waals surface area contributed by atoms with Gasteiger partial charge < -0.3 is 10.6 Å². The highest BCUT2D eigenvalue weighted by molar-refractivity contribution is 5.93. The molecule has 0 heterocycles. The molecule has 0 aliphatic rings. The predicted octanol–water partition coefficient (Wildman–Crippen LogP) is 1.62. The fourth-order valence-electron chi connectivity index (χ4n) is 1.30. The quantitative estimate of drug-likeness (QED) is 0.717. The average Bonchev–Trinajstić information content (AvgIpc) is 2.26. The molecule has 0 aromatic carbocycles. The van der Waals surface area contributed by atoms with E-state index in [9.17, 15) is 9.59 Å². The maximum Gasteiger partial charge on any atom is 0.246 e. The molecule has 2 N–H and O–H groups in total. The van der Waals surface area contributed by atoms with Crippen molar-refractivity contribution in [2.45, 2.75) is 41.0 Å². The topological polar surface area (TPSA) is 58.2 Å². The molecule has 98 valence electrons. The molecule has 0 rings (SSSR count). The second-order valence-electron chi connectivity index (χ2n) is 5.09. The Morgan fingerprint density at radius 2 is 1.65 bits per heavy atom. The van der Waals surface area contributed by atoms with E-state index in [-0.39, 0.29) is 11.8 Å². The van der Waals surface area contributed by atoms with Crippen LogP contribution in [0.3, 0.4) is 0 Å². The minimum absolute atomic E-state index is 0.00862. The number of hydrogen-bond acceptors (Lipinski definition) is 2. The van der Waals surface area contributed by atoms with Gasteiger partial charge in [-0.25, -0.2) is 0 Å². The van der Waals surface area contributed by atoms with Crippen molar-refractivity contribution >= 4 is 11.8 Å². The molecule has 0 radical (unpaired) electrons. The van der Waals surface area contributed by atoms with Gasteiger partial charge in [0.15, 0.2) is 0 Å². The van der Waals surface area contributed by atoms with Crippen LogP contribution in [0.15, 0.2) is 11.1 Å². The van der Waals surface area contributed by atoms with Crippen LogP contribution >= 0.6 is 0 Å². The summed E-state index contributed by atoms with van der Waals surface area (Å²) < 4.78 is 0. The second-order valence-corrected chi connectivity index (χ2v) is 5.09. The minimum atomic E-state index is -0.457. The first kappa shape index (κ1) is 15.7. The Morgan fingerprint density at radius 3 is 2.06 bits per heavy atom. The van der Waals surface area contributed by atoms with Crippen molar-refractivity contribution in [1.29, 1.82) is 0 Å². The molecule has 0 unspecified atom stereocenters. The van der Waals surface area contributed by atoms with Crippen LogP contribution in [0.4, 0.5) is 0 Å². The SMILES string of the molecule is CNC(=O)C(C)(C)CCNC(=O)C(C)=C(C)C. The van der Waals surface area contributed by atoms with E-state index in [2.05, 4.69) is 10.6 Å². The van der Waals surface area contributed by atoms with Crippen molar-refractivity contribution in [3.05, 3.63) is 11.1 Å². The first-order valence-corrected chi connectivity index (χ1v) is 5.87. The number of hydrogen-bond donors (Lipinski definition) is 2. The van der Waals surface area contributed by atoms with Gasteiger partial charge in [-0.05, 0) is 27.2 Å². The number of carbonyl (C=O) groups is 2. The third-order valence-electron chi connectivity index (χ3n) is 2.97. The molecule has 0 saturated carbocycles. The van der Waals surface area contributed by atoms with E-state index in [1.54, 1.807) is 14.0 Å². The van der Waals surface area contributed by atoms with Crippen molar-refractivity contribution in [3.8, 4) is 0 Å². The van der Waals surface area contributed by atoms with E-state index >= 15 is 0 Å². The summed E-state index contributed by atoms with van der Waals surface area (Å²) in [5, 5.41) is 5.45. The van der Waals surface area contributed by atoms with Gasteiger partial charge in [-0.2, -0.15) is 0 Å². The van der Waals surface area contributed by atoms with Gasteiger partial charge in [-0.15, -0.1) is 0 Å². The lowest BCUT2D eigenvalue weighted by Crippen LogP contribution is -2.38. The van der Waals surface area contributed by atoms with E-state index < -0.39 is 5.41 Å². The molecule has 4 nitrogen and oxygen atoms in total. The third-order valence-corrected chi connectivity index (χ3v) is 2.97. The van der Waals surface area contributed by atoms with Gasteiger partial charge in [-0.3, -0.25) is 9.59 Å². The summed E-state index contributed by atoms with van der Waals surface area (Å²) in [6.07, 6.45) is 0.619. The van der Waals surface area contributed by atoms with Crippen molar-refractivity contribution in [2.75, 3.05) is 13.6 Å². The van der Waals surface area contributed by atoms with Gasteiger partial charge in [0.25, 0.3) is 0 Å². The lowest BCUT2D eigenvalue weighted by atomic mass is 9.88. The van der Waals surface area contributed by atoms with E-state index in [0.717, 1.165) is 11.1 Å². The molecule has 0 bridgehead atoms. The molecule has 0 fully saturated rings. The van der Waals surface area contributed by atoms with Crippen LogP contribution < -0.4 is 10.6 Å². The standard InChI is InChI=1S/C13H24N2O2/c1-9(2)10(3)11(16)15-8-7-13(4,5)12(17)14-6/h7-8H2,1-6H3,(H,14,17)(H,15,16). The fraction of sp³-hybridized carbons (Fsp3) is 0.692. The molecule has 0 aliphatic carbocycles. The maximum atomic E-state index is 11.6.